The van der Waals surface area contributed by atoms with Gasteiger partial charge in [-0.25, -0.2) is 0 Å². The molecule has 4 atom stereocenters. The van der Waals surface area contributed by atoms with Crippen LogP contribution in [-0.4, -0.2) is 44.9 Å². The predicted octanol–water partition coefficient (Wildman–Crippen LogP) is 3.43. The van der Waals surface area contributed by atoms with Gasteiger partial charge in [0.15, 0.2) is 0 Å². The summed E-state index contributed by atoms with van der Waals surface area (Å²) in [6.07, 6.45) is 12.3. The van der Waals surface area contributed by atoms with Crippen molar-refractivity contribution in [1.82, 2.24) is 25.2 Å². The maximum Gasteiger partial charge on any atom is 0.224 e. The van der Waals surface area contributed by atoms with Crippen molar-refractivity contribution in [2.75, 3.05) is 13.1 Å². The van der Waals surface area contributed by atoms with Crippen molar-refractivity contribution in [2.24, 2.45) is 17.8 Å². The minimum absolute atomic E-state index is 0.117. The Morgan fingerprint density at radius 1 is 1.10 bits per heavy atom. The number of aromatic nitrogens is 3. The number of hydrogen-bond acceptors (Lipinski definition) is 4. The normalized spacial score (nSPS) is 28.5. The summed E-state index contributed by atoms with van der Waals surface area (Å²) >= 11 is 0. The molecule has 2 unspecified atom stereocenters. The van der Waals surface area contributed by atoms with E-state index >= 15 is 0 Å². The van der Waals surface area contributed by atoms with E-state index in [9.17, 15) is 4.79 Å². The van der Waals surface area contributed by atoms with Gasteiger partial charge in [-0.05, 0) is 43.2 Å². The van der Waals surface area contributed by atoms with E-state index in [1.807, 2.05) is 22.9 Å². The van der Waals surface area contributed by atoms with Crippen LogP contribution in [0.2, 0.25) is 0 Å². The lowest BCUT2D eigenvalue weighted by atomic mass is 9.75. The molecule has 1 saturated carbocycles. The van der Waals surface area contributed by atoms with E-state index < -0.39 is 0 Å². The van der Waals surface area contributed by atoms with Gasteiger partial charge < -0.3 is 5.32 Å². The third kappa shape index (κ3) is 5.00. The van der Waals surface area contributed by atoms with Crippen LogP contribution in [0.1, 0.15) is 56.2 Å². The zero-order valence-electron chi connectivity index (χ0n) is 18.5. The molecule has 1 N–H and O–H groups in total. The van der Waals surface area contributed by atoms with Gasteiger partial charge in [0.1, 0.15) is 0 Å². The zero-order valence-corrected chi connectivity index (χ0v) is 18.5. The van der Waals surface area contributed by atoms with Crippen LogP contribution in [0.3, 0.4) is 0 Å². The van der Waals surface area contributed by atoms with Crippen molar-refractivity contribution in [3.8, 4) is 0 Å². The number of piperidine rings is 3. The second kappa shape index (κ2) is 9.51. The number of fused-ring (bicyclic) bond motifs is 3. The van der Waals surface area contributed by atoms with Crippen molar-refractivity contribution in [3.63, 3.8) is 0 Å². The maximum atomic E-state index is 12.9. The number of nitrogens with one attached hydrogen (secondary N) is 1. The summed E-state index contributed by atoms with van der Waals surface area (Å²) < 4.78 is 2.05. The van der Waals surface area contributed by atoms with Crippen LogP contribution in [0.4, 0.5) is 0 Å². The summed E-state index contributed by atoms with van der Waals surface area (Å²) in [6, 6.07) is 10.6. The Kier molecular flexibility index (Phi) is 6.35. The summed E-state index contributed by atoms with van der Waals surface area (Å²) in [5.74, 6) is 1.61. The fourth-order valence-corrected chi connectivity index (χ4v) is 5.97. The van der Waals surface area contributed by atoms with Crippen molar-refractivity contribution >= 4 is 5.91 Å². The second-order valence-corrected chi connectivity index (χ2v) is 9.88. The van der Waals surface area contributed by atoms with Crippen LogP contribution in [0.25, 0.3) is 0 Å². The van der Waals surface area contributed by atoms with Crippen LogP contribution in [0.15, 0.2) is 36.5 Å². The molecule has 2 aromatic rings. The van der Waals surface area contributed by atoms with Gasteiger partial charge in [0.25, 0.3) is 0 Å². The summed E-state index contributed by atoms with van der Waals surface area (Å²) in [5.41, 5.74) is 2.31. The molecule has 4 heterocycles. The van der Waals surface area contributed by atoms with E-state index in [1.54, 1.807) is 0 Å². The van der Waals surface area contributed by atoms with Gasteiger partial charge in [0.2, 0.25) is 5.91 Å². The van der Waals surface area contributed by atoms with E-state index in [-0.39, 0.29) is 11.8 Å². The third-order valence-electron chi connectivity index (χ3n) is 7.73. The zero-order chi connectivity index (χ0) is 21.0. The minimum Gasteiger partial charge on any atom is -0.352 e. The molecule has 2 bridgehead atoms. The molecule has 3 aliphatic heterocycles. The first-order valence-corrected chi connectivity index (χ1v) is 12.2. The molecule has 1 aromatic carbocycles. The van der Waals surface area contributed by atoms with Crippen LogP contribution in [0, 0.1) is 17.8 Å². The first-order valence-electron chi connectivity index (χ1n) is 12.2. The molecule has 31 heavy (non-hydrogen) atoms. The van der Waals surface area contributed by atoms with Gasteiger partial charge in [-0.15, -0.1) is 5.10 Å². The SMILES string of the molecule is O=C(NCc1ccccc1)[C@H]1CN2CCC1C[C@@H]2Cn1cc(CC2CCCCC2)nn1. The fourth-order valence-electron chi connectivity index (χ4n) is 5.97. The summed E-state index contributed by atoms with van der Waals surface area (Å²) in [4.78, 5) is 15.4. The number of carbonyl (C=O) groups excluding carboxylic acids is 1. The van der Waals surface area contributed by atoms with E-state index in [1.165, 1.54) is 32.1 Å². The highest BCUT2D eigenvalue weighted by molar-refractivity contribution is 5.79. The largest absolute Gasteiger partial charge is 0.352 e. The number of benzene rings is 1. The van der Waals surface area contributed by atoms with Crippen molar-refractivity contribution in [2.45, 2.75) is 70.5 Å². The molecule has 4 aliphatic rings. The molecule has 1 amide bonds. The highest BCUT2D eigenvalue weighted by Gasteiger charge is 2.43. The molecule has 0 spiro atoms. The molecule has 166 valence electrons. The van der Waals surface area contributed by atoms with Crippen LogP contribution in [-0.2, 0) is 24.3 Å². The Labute approximate surface area is 185 Å². The lowest BCUT2D eigenvalue weighted by Gasteiger charge is -2.49. The average molecular weight is 422 g/mol. The Morgan fingerprint density at radius 3 is 2.71 bits per heavy atom. The quantitative estimate of drug-likeness (QED) is 0.744. The van der Waals surface area contributed by atoms with Crippen molar-refractivity contribution in [1.29, 1.82) is 0 Å². The van der Waals surface area contributed by atoms with E-state index in [0.29, 0.717) is 18.5 Å². The lowest BCUT2D eigenvalue weighted by Crippen LogP contribution is -2.58. The molecule has 6 nitrogen and oxygen atoms in total. The standard InChI is InChI=1S/C25H35N5O/c31-25(26-15-20-9-5-2-6-10-20)24-18-29-12-11-21(24)14-23(29)17-30-16-22(27-28-30)13-19-7-3-1-4-8-19/h2,5-6,9-10,16,19,21,23-24H,1,3-4,7-8,11-15,17-18H2,(H,26,31)/t21?,23-,24+/m1/s1. The van der Waals surface area contributed by atoms with Gasteiger partial charge in [0.05, 0.1) is 18.2 Å². The lowest BCUT2D eigenvalue weighted by molar-refractivity contribution is -0.133. The first kappa shape index (κ1) is 20.7. The second-order valence-electron chi connectivity index (χ2n) is 9.88. The van der Waals surface area contributed by atoms with Gasteiger partial charge in [-0.2, -0.15) is 0 Å². The van der Waals surface area contributed by atoms with Crippen molar-refractivity contribution in [3.05, 3.63) is 47.8 Å². The Morgan fingerprint density at radius 2 is 1.94 bits per heavy atom. The number of nitrogens with zero attached hydrogens (tertiary/aromatic N) is 4. The van der Waals surface area contributed by atoms with Crippen molar-refractivity contribution < 1.29 is 4.79 Å². The highest BCUT2D eigenvalue weighted by Crippen LogP contribution is 2.37. The highest BCUT2D eigenvalue weighted by atomic mass is 16.1. The summed E-state index contributed by atoms with van der Waals surface area (Å²) in [5, 5.41) is 12.1. The molecule has 3 saturated heterocycles. The van der Waals surface area contributed by atoms with E-state index in [0.717, 1.165) is 56.1 Å². The molecule has 4 fully saturated rings. The van der Waals surface area contributed by atoms with Gasteiger partial charge in [0, 0.05) is 25.3 Å². The average Bonchev–Trinajstić information content (AvgIpc) is 3.26. The monoisotopic (exact) mass is 421 g/mol. The smallest absolute Gasteiger partial charge is 0.224 e. The molecule has 1 aliphatic carbocycles. The fraction of sp³-hybridized carbons (Fsp3) is 0.640. The summed E-state index contributed by atoms with van der Waals surface area (Å²) in [7, 11) is 0. The Balaban J connectivity index is 1.13. The Bertz CT molecular complexity index is 860. The van der Waals surface area contributed by atoms with E-state index in [2.05, 4.69) is 38.9 Å². The maximum absolute atomic E-state index is 12.9. The number of rotatable bonds is 7. The Hall–Kier alpha value is -2.21. The molecule has 0 radical (unpaired) electrons. The van der Waals surface area contributed by atoms with E-state index in [4.69, 9.17) is 0 Å². The minimum atomic E-state index is 0.117. The topological polar surface area (TPSA) is 63.1 Å². The van der Waals surface area contributed by atoms with Gasteiger partial charge >= 0.3 is 0 Å². The molecule has 6 rings (SSSR count). The number of carbonyl (C=O) groups is 1. The molecular formula is C25H35N5O. The first-order chi connectivity index (χ1) is 15.2. The predicted molar refractivity (Wildman–Crippen MR) is 120 cm³/mol. The van der Waals surface area contributed by atoms with Crippen LogP contribution < -0.4 is 5.32 Å². The molecule has 6 heteroatoms. The molecular weight excluding hydrogens is 386 g/mol. The van der Waals surface area contributed by atoms with Gasteiger partial charge in [-0.3, -0.25) is 14.4 Å². The number of amides is 1. The summed E-state index contributed by atoms with van der Waals surface area (Å²) in [6.45, 7) is 3.49. The van der Waals surface area contributed by atoms with Crippen LogP contribution in [0.5, 0.6) is 0 Å². The van der Waals surface area contributed by atoms with Crippen LogP contribution >= 0.6 is 0 Å². The molecule has 1 aromatic heterocycles. The van der Waals surface area contributed by atoms with Gasteiger partial charge in [-0.1, -0.05) is 67.6 Å². The third-order valence-corrected chi connectivity index (χ3v) is 7.73. The number of hydrogen-bond donors (Lipinski definition) is 1.